The van der Waals surface area contributed by atoms with Crippen LogP contribution in [0.2, 0.25) is 0 Å². The average Bonchev–Trinajstić information content (AvgIpc) is 3.97. The van der Waals surface area contributed by atoms with E-state index in [9.17, 15) is 0 Å². The fraction of sp³-hybridized carbons (Fsp3) is 0.0566. The van der Waals surface area contributed by atoms with Gasteiger partial charge in [0.2, 0.25) is 0 Å². The molecule has 0 saturated heterocycles. The van der Waals surface area contributed by atoms with Gasteiger partial charge in [0.05, 0.1) is 0 Å². The summed E-state index contributed by atoms with van der Waals surface area (Å²) in [4.78, 5) is 0. The standard InChI is InChI=1S/C53H32O3/c1-53(2)39-20-9-7-16-34(39)48-40(53)24-25-44-51(48)38-19-11-18-37(52(38)56-44)47-32-14-5-3-12-30(32)46(31-13-4-6-15-33(31)47)29-22-23-36-45(28-29)55-43-27-26-42-49(50(36)43)35-17-8-10-21-41(35)54-42/h3-28H,1-2H3. The molecule has 12 aromatic rings. The second-order valence-corrected chi connectivity index (χ2v) is 15.9. The third kappa shape index (κ3) is 3.77. The molecule has 0 amide bonds. The third-order valence-electron chi connectivity index (χ3n) is 12.7. The Labute approximate surface area is 321 Å². The minimum absolute atomic E-state index is 0.0885. The summed E-state index contributed by atoms with van der Waals surface area (Å²) in [6, 6.07) is 56.6. The van der Waals surface area contributed by atoms with E-state index in [4.69, 9.17) is 13.3 Å². The average molecular weight is 717 g/mol. The monoisotopic (exact) mass is 716 g/mol. The van der Waals surface area contributed by atoms with Gasteiger partial charge >= 0.3 is 0 Å². The Morgan fingerprint density at radius 3 is 1.64 bits per heavy atom. The zero-order valence-electron chi connectivity index (χ0n) is 30.7. The first kappa shape index (κ1) is 30.3. The van der Waals surface area contributed by atoms with Crippen LogP contribution in [0.1, 0.15) is 25.0 Å². The van der Waals surface area contributed by atoms with Crippen molar-refractivity contribution >= 4 is 87.4 Å². The lowest BCUT2D eigenvalue weighted by atomic mass is 9.82. The molecule has 0 atom stereocenters. The molecule has 9 aromatic carbocycles. The molecule has 0 unspecified atom stereocenters. The molecule has 13 rings (SSSR count). The van der Waals surface area contributed by atoms with E-state index in [1.54, 1.807) is 0 Å². The smallest absolute Gasteiger partial charge is 0.143 e. The Hall–Kier alpha value is -7.10. The Kier molecular flexibility index (Phi) is 5.70. The van der Waals surface area contributed by atoms with Gasteiger partial charge in [-0.05, 0) is 91.3 Å². The second-order valence-electron chi connectivity index (χ2n) is 15.9. The van der Waals surface area contributed by atoms with Gasteiger partial charge in [0.15, 0.2) is 0 Å². The predicted molar refractivity (Wildman–Crippen MR) is 232 cm³/mol. The van der Waals surface area contributed by atoms with Gasteiger partial charge in [0, 0.05) is 48.9 Å². The van der Waals surface area contributed by atoms with Crippen LogP contribution in [0.3, 0.4) is 0 Å². The van der Waals surface area contributed by atoms with Crippen molar-refractivity contribution < 1.29 is 13.3 Å². The number of para-hydroxylation sites is 2. The molecule has 0 saturated carbocycles. The van der Waals surface area contributed by atoms with Crippen molar-refractivity contribution in [3.8, 4) is 33.4 Å². The summed E-state index contributed by atoms with van der Waals surface area (Å²) in [5.41, 5.74) is 15.1. The molecule has 3 aromatic heterocycles. The van der Waals surface area contributed by atoms with Crippen LogP contribution in [0.4, 0.5) is 0 Å². The largest absolute Gasteiger partial charge is 0.456 e. The highest BCUT2D eigenvalue weighted by Gasteiger charge is 2.37. The third-order valence-corrected chi connectivity index (χ3v) is 12.7. The lowest BCUT2D eigenvalue weighted by Crippen LogP contribution is -2.14. The molecule has 3 heterocycles. The van der Waals surface area contributed by atoms with E-state index in [1.165, 1.54) is 60.3 Å². The molecule has 0 spiro atoms. The Bertz CT molecular complexity index is 3620. The maximum absolute atomic E-state index is 6.97. The maximum atomic E-state index is 6.97. The summed E-state index contributed by atoms with van der Waals surface area (Å²) in [6.07, 6.45) is 0. The van der Waals surface area contributed by atoms with Gasteiger partial charge in [0.25, 0.3) is 0 Å². The summed E-state index contributed by atoms with van der Waals surface area (Å²) in [7, 11) is 0. The fourth-order valence-corrected chi connectivity index (χ4v) is 10.2. The van der Waals surface area contributed by atoms with E-state index >= 15 is 0 Å². The molecule has 1 aliphatic rings. The Balaban J connectivity index is 1.08. The zero-order chi connectivity index (χ0) is 36.9. The molecule has 0 N–H and O–H groups in total. The highest BCUT2D eigenvalue weighted by molar-refractivity contribution is 6.28. The molecule has 0 radical (unpaired) electrons. The van der Waals surface area contributed by atoms with Crippen LogP contribution < -0.4 is 0 Å². The molecular weight excluding hydrogens is 685 g/mol. The van der Waals surface area contributed by atoms with Crippen LogP contribution in [0.15, 0.2) is 171 Å². The minimum atomic E-state index is -0.0885. The SMILES string of the molecule is CC1(C)c2ccccc2-c2c1ccc1oc3c(-c4c5ccccc5c(-c5ccc6c(c5)oc5ccc7oc8ccccc8c7c56)c5ccccc45)cccc3c21. The summed E-state index contributed by atoms with van der Waals surface area (Å²) < 4.78 is 19.9. The number of rotatable bonds is 2. The van der Waals surface area contributed by atoms with Crippen molar-refractivity contribution in [1.82, 2.24) is 0 Å². The minimum Gasteiger partial charge on any atom is -0.456 e. The van der Waals surface area contributed by atoms with Crippen molar-refractivity contribution in [2.24, 2.45) is 0 Å². The first-order valence-electron chi connectivity index (χ1n) is 19.3. The second kappa shape index (κ2) is 10.6. The number of fused-ring (bicyclic) bond motifs is 16. The topological polar surface area (TPSA) is 39.4 Å². The number of benzene rings is 9. The molecule has 1 aliphatic carbocycles. The maximum Gasteiger partial charge on any atom is 0.143 e. The van der Waals surface area contributed by atoms with E-state index < -0.39 is 0 Å². The fourth-order valence-electron chi connectivity index (χ4n) is 10.2. The van der Waals surface area contributed by atoms with Crippen molar-refractivity contribution in [3.05, 3.63) is 169 Å². The van der Waals surface area contributed by atoms with Gasteiger partial charge in [0.1, 0.15) is 33.5 Å². The molecule has 3 heteroatoms. The van der Waals surface area contributed by atoms with E-state index in [1.807, 2.05) is 24.3 Å². The number of furan rings is 3. The van der Waals surface area contributed by atoms with Crippen molar-refractivity contribution in [2.75, 3.05) is 0 Å². The van der Waals surface area contributed by atoms with E-state index in [0.29, 0.717) is 0 Å². The van der Waals surface area contributed by atoms with Crippen LogP contribution in [0, 0.1) is 0 Å². The van der Waals surface area contributed by atoms with Gasteiger partial charge in [-0.3, -0.25) is 0 Å². The number of hydrogen-bond donors (Lipinski definition) is 0. The quantitative estimate of drug-likeness (QED) is 0.167. The molecule has 262 valence electrons. The Morgan fingerprint density at radius 1 is 0.339 bits per heavy atom. The van der Waals surface area contributed by atoms with E-state index in [2.05, 4.69) is 147 Å². The molecule has 0 fully saturated rings. The summed E-state index contributed by atoms with van der Waals surface area (Å²) in [5.74, 6) is 0. The van der Waals surface area contributed by atoms with Gasteiger partial charge in [-0.1, -0.05) is 135 Å². The molecule has 56 heavy (non-hydrogen) atoms. The van der Waals surface area contributed by atoms with Crippen LogP contribution in [-0.2, 0) is 5.41 Å². The summed E-state index contributed by atoms with van der Waals surface area (Å²) in [5, 5.41) is 11.5. The van der Waals surface area contributed by atoms with E-state index in [-0.39, 0.29) is 5.41 Å². The van der Waals surface area contributed by atoms with Gasteiger partial charge in [-0.15, -0.1) is 0 Å². The summed E-state index contributed by atoms with van der Waals surface area (Å²) >= 11 is 0. The first-order valence-corrected chi connectivity index (χ1v) is 19.3. The predicted octanol–water partition coefficient (Wildman–Crippen LogP) is 15.3. The lowest BCUT2D eigenvalue weighted by Gasteiger charge is -2.21. The lowest BCUT2D eigenvalue weighted by molar-refractivity contribution is 0.657. The zero-order valence-corrected chi connectivity index (χ0v) is 30.7. The van der Waals surface area contributed by atoms with Crippen LogP contribution in [0.5, 0.6) is 0 Å². The first-order chi connectivity index (χ1) is 27.5. The summed E-state index contributed by atoms with van der Waals surface area (Å²) in [6.45, 7) is 4.67. The van der Waals surface area contributed by atoms with Gasteiger partial charge in [-0.25, -0.2) is 0 Å². The van der Waals surface area contributed by atoms with Gasteiger partial charge < -0.3 is 13.3 Å². The highest BCUT2D eigenvalue weighted by Crippen LogP contribution is 2.54. The van der Waals surface area contributed by atoms with E-state index in [0.717, 1.165) is 71.6 Å². The normalized spacial score (nSPS) is 13.7. The molecule has 0 aliphatic heterocycles. The van der Waals surface area contributed by atoms with Crippen LogP contribution in [-0.4, -0.2) is 0 Å². The number of hydrogen-bond acceptors (Lipinski definition) is 3. The molecular formula is C53H32O3. The Morgan fingerprint density at radius 2 is 0.893 bits per heavy atom. The molecule has 0 bridgehead atoms. The highest BCUT2D eigenvalue weighted by atomic mass is 16.3. The van der Waals surface area contributed by atoms with Crippen molar-refractivity contribution in [2.45, 2.75) is 19.3 Å². The van der Waals surface area contributed by atoms with Crippen molar-refractivity contribution in [3.63, 3.8) is 0 Å². The van der Waals surface area contributed by atoms with Gasteiger partial charge in [-0.2, -0.15) is 0 Å². The van der Waals surface area contributed by atoms with Crippen LogP contribution in [0.25, 0.3) is 121 Å². The van der Waals surface area contributed by atoms with Crippen molar-refractivity contribution in [1.29, 1.82) is 0 Å². The molecule has 3 nitrogen and oxygen atoms in total. The van der Waals surface area contributed by atoms with Crippen LogP contribution >= 0.6 is 0 Å².